The molecular formula is C28H19BrN2O8S2. The van der Waals surface area contributed by atoms with Gasteiger partial charge in [-0.1, -0.05) is 36.4 Å². The van der Waals surface area contributed by atoms with Crippen LogP contribution in [0.1, 0.15) is 11.1 Å². The lowest BCUT2D eigenvalue weighted by Crippen LogP contribution is -2.27. The highest BCUT2D eigenvalue weighted by Gasteiger charge is 2.35. The number of nitro benzene ring substituents is 1. The standard InChI is InChI=1S/C28H19BrN2O8S2/c1-38-24-14-18(13-23(29)26(24)39-41(36,37)22-10-8-21(9-11-22)31(34)35)15-25-27(32)30(28(33)40-25)16-17-6-7-19-4-2-3-5-20(19)12-17/h2-15H,16H2,1H3/b25-15-. The molecule has 1 aliphatic heterocycles. The number of thioether (sulfide) groups is 1. The molecule has 5 rings (SSSR count). The van der Waals surface area contributed by atoms with Gasteiger partial charge < -0.3 is 8.92 Å². The van der Waals surface area contributed by atoms with Crippen molar-refractivity contribution in [2.75, 3.05) is 7.11 Å². The molecule has 0 aromatic heterocycles. The molecule has 2 amide bonds. The number of ether oxygens (including phenoxy) is 1. The highest BCUT2D eigenvalue weighted by molar-refractivity contribution is 9.10. The zero-order chi connectivity index (χ0) is 29.3. The number of nitro groups is 1. The largest absolute Gasteiger partial charge is 0.493 e. The predicted molar refractivity (Wildman–Crippen MR) is 157 cm³/mol. The normalized spacial score (nSPS) is 14.6. The van der Waals surface area contributed by atoms with E-state index in [0.29, 0.717) is 5.56 Å². The molecule has 1 fully saturated rings. The smallest absolute Gasteiger partial charge is 0.339 e. The predicted octanol–water partition coefficient (Wildman–Crippen LogP) is 6.52. The number of non-ortho nitro benzene ring substituents is 1. The summed E-state index contributed by atoms with van der Waals surface area (Å²) in [5.74, 6) is -0.580. The Labute approximate surface area is 247 Å². The second-order valence-electron chi connectivity index (χ2n) is 8.77. The number of halogens is 1. The van der Waals surface area contributed by atoms with Crippen LogP contribution < -0.4 is 8.92 Å². The van der Waals surface area contributed by atoms with Gasteiger partial charge in [0, 0.05) is 12.1 Å². The molecule has 4 aromatic rings. The quantitative estimate of drug-likeness (QED) is 0.0900. The topological polar surface area (TPSA) is 133 Å². The lowest BCUT2D eigenvalue weighted by Gasteiger charge is -2.14. The van der Waals surface area contributed by atoms with Crippen LogP contribution in [0.25, 0.3) is 16.8 Å². The number of benzene rings is 4. The maximum atomic E-state index is 13.1. The van der Waals surface area contributed by atoms with Crippen LogP contribution in [0.3, 0.4) is 0 Å². The van der Waals surface area contributed by atoms with E-state index in [1.165, 1.54) is 30.2 Å². The van der Waals surface area contributed by atoms with Crippen molar-refractivity contribution in [1.82, 2.24) is 4.90 Å². The van der Waals surface area contributed by atoms with Gasteiger partial charge in [0.05, 0.1) is 28.0 Å². The van der Waals surface area contributed by atoms with Crippen LogP contribution in [0.5, 0.6) is 11.5 Å². The van der Waals surface area contributed by atoms with Crippen LogP contribution in [0.15, 0.2) is 93.1 Å². The molecule has 10 nitrogen and oxygen atoms in total. The minimum absolute atomic E-state index is 0.0338. The average molecular weight is 656 g/mol. The van der Waals surface area contributed by atoms with Crippen LogP contribution in [-0.4, -0.2) is 36.5 Å². The molecule has 41 heavy (non-hydrogen) atoms. The van der Waals surface area contributed by atoms with Gasteiger partial charge in [-0.05, 0) is 86.0 Å². The number of nitrogens with zero attached hydrogens (tertiary/aromatic N) is 2. The summed E-state index contributed by atoms with van der Waals surface area (Å²) in [6, 6.07) is 20.8. The Kier molecular flexibility index (Phi) is 7.84. The Balaban J connectivity index is 1.37. The summed E-state index contributed by atoms with van der Waals surface area (Å²) in [5, 5.41) is 12.5. The van der Waals surface area contributed by atoms with E-state index in [1.807, 2.05) is 42.5 Å². The van der Waals surface area contributed by atoms with Gasteiger partial charge in [0.2, 0.25) is 0 Å². The van der Waals surface area contributed by atoms with E-state index in [4.69, 9.17) is 8.92 Å². The SMILES string of the molecule is COc1cc(/C=C2\SC(=O)N(Cc3ccc4ccccc4c3)C2=O)cc(Br)c1OS(=O)(=O)c1ccc([N+](=O)[O-])cc1. The molecule has 208 valence electrons. The van der Waals surface area contributed by atoms with E-state index in [1.54, 1.807) is 0 Å². The number of hydrogen-bond donors (Lipinski definition) is 0. The van der Waals surface area contributed by atoms with Gasteiger partial charge >= 0.3 is 10.1 Å². The second kappa shape index (κ2) is 11.4. The van der Waals surface area contributed by atoms with E-state index in [0.717, 1.165) is 52.4 Å². The molecular weight excluding hydrogens is 636 g/mol. The lowest BCUT2D eigenvalue weighted by atomic mass is 10.1. The lowest BCUT2D eigenvalue weighted by molar-refractivity contribution is -0.384. The third kappa shape index (κ3) is 5.97. The summed E-state index contributed by atoms with van der Waals surface area (Å²) in [6.07, 6.45) is 1.51. The minimum atomic E-state index is -4.37. The number of imide groups is 1. The van der Waals surface area contributed by atoms with E-state index >= 15 is 0 Å². The Bertz CT molecular complexity index is 1860. The molecule has 0 unspecified atom stereocenters. The molecule has 0 aliphatic carbocycles. The number of carbonyl (C=O) groups excluding carboxylic acids is 2. The molecule has 0 bridgehead atoms. The zero-order valence-corrected chi connectivity index (χ0v) is 24.4. The fourth-order valence-electron chi connectivity index (χ4n) is 4.10. The van der Waals surface area contributed by atoms with Crippen molar-refractivity contribution in [1.29, 1.82) is 0 Å². The molecule has 13 heteroatoms. The van der Waals surface area contributed by atoms with Gasteiger partial charge in [0.25, 0.3) is 16.8 Å². The molecule has 0 N–H and O–H groups in total. The summed E-state index contributed by atoms with van der Waals surface area (Å²) < 4.78 is 36.5. The van der Waals surface area contributed by atoms with E-state index in [9.17, 15) is 28.1 Å². The van der Waals surface area contributed by atoms with Crippen molar-refractivity contribution in [3.63, 3.8) is 0 Å². The summed E-state index contributed by atoms with van der Waals surface area (Å²) in [7, 11) is -3.06. The Morgan fingerprint density at radius 1 is 1.00 bits per heavy atom. The van der Waals surface area contributed by atoms with Gasteiger partial charge in [0.15, 0.2) is 11.5 Å². The molecule has 4 aromatic carbocycles. The van der Waals surface area contributed by atoms with E-state index in [2.05, 4.69) is 15.9 Å². The fraction of sp³-hybridized carbons (Fsp3) is 0.0714. The molecule has 0 atom stereocenters. The van der Waals surface area contributed by atoms with Crippen LogP contribution in [0.4, 0.5) is 10.5 Å². The number of carbonyl (C=O) groups is 2. The maximum absolute atomic E-state index is 13.1. The molecule has 0 saturated carbocycles. The Morgan fingerprint density at radius 3 is 2.39 bits per heavy atom. The fourth-order valence-corrected chi connectivity index (χ4v) is 6.55. The van der Waals surface area contributed by atoms with Crippen LogP contribution >= 0.6 is 27.7 Å². The summed E-state index contributed by atoms with van der Waals surface area (Å²) >= 11 is 4.09. The number of amides is 2. The van der Waals surface area contributed by atoms with Crippen LogP contribution in [-0.2, 0) is 21.5 Å². The summed E-state index contributed by atoms with van der Waals surface area (Å²) in [4.78, 5) is 37.1. The first-order valence-corrected chi connectivity index (χ1v) is 14.9. The van der Waals surface area contributed by atoms with Crippen LogP contribution in [0.2, 0.25) is 0 Å². The Morgan fingerprint density at radius 2 is 1.71 bits per heavy atom. The van der Waals surface area contributed by atoms with Crippen molar-refractivity contribution in [3.05, 3.63) is 109 Å². The van der Waals surface area contributed by atoms with Gasteiger partial charge in [-0.15, -0.1) is 0 Å². The first-order chi connectivity index (χ1) is 19.6. The summed E-state index contributed by atoms with van der Waals surface area (Å²) in [6.45, 7) is 0.118. The third-order valence-electron chi connectivity index (χ3n) is 6.11. The van der Waals surface area contributed by atoms with Crippen molar-refractivity contribution in [3.8, 4) is 11.5 Å². The second-order valence-corrected chi connectivity index (χ2v) is 12.2. The first-order valence-electron chi connectivity index (χ1n) is 11.9. The van der Waals surface area contributed by atoms with Crippen molar-refractivity contribution in [2.45, 2.75) is 11.4 Å². The number of fused-ring (bicyclic) bond motifs is 1. The molecule has 1 aliphatic rings. The Hall–Kier alpha value is -4.20. The number of methoxy groups -OCH3 is 1. The number of hydrogen-bond acceptors (Lipinski definition) is 9. The maximum Gasteiger partial charge on any atom is 0.339 e. The molecule has 1 saturated heterocycles. The van der Waals surface area contributed by atoms with Gasteiger partial charge in [-0.2, -0.15) is 8.42 Å². The number of rotatable bonds is 8. The zero-order valence-electron chi connectivity index (χ0n) is 21.1. The third-order valence-corrected chi connectivity index (χ3v) is 8.84. The monoisotopic (exact) mass is 654 g/mol. The summed E-state index contributed by atoms with van der Waals surface area (Å²) in [5.41, 5.74) is 0.992. The molecule has 1 heterocycles. The van der Waals surface area contributed by atoms with E-state index < -0.39 is 26.2 Å². The first kappa shape index (κ1) is 28.3. The minimum Gasteiger partial charge on any atom is -0.493 e. The highest BCUT2D eigenvalue weighted by Crippen LogP contribution is 2.40. The van der Waals surface area contributed by atoms with Crippen molar-refractivity contribution in [2.24, 2.45) is 0 Å². The highest BCUT2D eigenvalue weighted by atomic mass is 79.9. The average Bonchev–Trinajstić information content (AvgIpc) is 3.21. The van der Waals surface area contributed by atoms with Crippen molar-refractivity contribution < 1.29 is 31.9 Å². The molecule has 0 spiro atoms. The van der Waals surface area contributed by atoms with Crippen LogP contribution in [0, 0.1) is 10.1 Å². The van der Waals surface area contributed by atoms with Gasteiger partial charge in [-0.3, -0.25) is 24.6 Å². The van der Waals surface area contributed by atoms with E-state index in [-0.39, 0.29) is 38.0 Å². The molecule has 0 radical (unpaired) electrons. The van der Waals surface area contributed by atoms with Gasteiger partial charge in [-0.25, -0.2) is 0 Å². The van der Waals surface area contributed by atoms with Gasteiger partial charge in [0.1, 0.15) is 4.90 Å². The van der Waals surface area contributed by atoms with Crippen molar-refractivity contribution >= 4 is 71.5 Å².